The molecule has 5 rings (SSSR count). The number of ether oxygens (including phenoxy) is 2. The Balaban J connectivity index is 1.25. The third-order valence-corrected chi connectivity index (χ3v) is 5.76. The fraction of sp³-hybridized carbons (Fsp3) is 0.318. The maximum atomic E-state index is 12.5. The van der Waals surface area contributed by atoms with Crippen molar-refractivity contribution in [3.8, 4) is 11.1 Å². The molecule has 0 bridgehead atoms. The van der Waals surface area contributed by atoms with E-state index in [1.165, 1.54) is 22.3 Å². The number of aliphatic hydroxyl groups excluding tert-OH is 1. The molecule has 1 aliphatic heterocycles. The molecule has 0 radical (unpaired) electrons. The Morgan fingerprint density at radius 2 is 1.83 bits per heavy atom. The summed E-state index contributed by atoms with van der Waals surface area (Å²) >= 11 is 0. The number of rotatable bonds is 5. The van der Waals surface area contributed by atoms with E-state index in [0.717, 1.165) is 0 Å². The minimum absolute atomic E-state index is 0.0150. The largest absolute Gasteiger partial charge is 0.449 e. The molecule has 30 heavy (non-hydrogen) atoms. The Hall–Kier alpha value is -3.23. The third kappa shape index (κ3) is 3.34. The molecular weight excluding hydrogens is 384 g/mol. The van der Waals surface area contributed by atoms with Gasteiger partial charge in [0.15, 0.2) is 0 Å². The molecule has 8 heteroatoms. The van der Waals surface area contributed by atoms with Crippen molar-refractivity contribution < 1.29 is 19.4 Å². The molecule has 1 saturated heterocycles. The highest BCUT2D eigenvalue weighted by Crippen LogP contribution is 2.44. The van der Waals surface area contributed by atoms with Crippen LogP contribution >= 0.6 is 0 Å². The van der Waals surface area contributed by atoms with Crippen molar-refractivity contribution in [1.82, 2.24) is 20.3 Å². The van der Waals surface area contributed by atoms with Gasteiger partial charge in [-0.05, 0) is 22.3 Å². The molecule has 2 aromatic carbocycles. The van der Waals surface area contributed by atoms with Crippen molar-refractivity contribution in [2.45, 2.75) is 24.6 Å². The fourth-order valence-corrected chi connectivity index (χ4v) is 4.28. The highest BCUT2D eigenvalue weighted by atomic mass is 16.5. The lowest BCUT2D eigenvalue weighted by atomic mass is 9.98. The van der Waals surface area contributed by atoms with Gasteiger partial charge in [0.2, 0.25) is 0 Å². The van der Waals surface area contributed by atoms with E-state index in [-0.39, 0.29) is 31.2 Å². The van der Waals surface area contributed by atoms with E-state index in [9.17, 15) is 9.90 Å². The van der Waals surface area contributed by atoms with E-state index in [1.807, 2.05) is 24.3 Å². The average molecular weight is 406 g/mol. The molecule has 2 aliphatic rings. The normalized spacial score (nSPS) is 20.0. The van der Waals surface area contributed by atoms with Gasteiger partial charge >= 0.3 is 6.09 Å². The molecule has 3 aromatic rings. The van der Waals surface area contributed by atoms with Crippen LogP contribution in [0.2, 0.25) is 0 Å². The number of nitrogens with one attached hydrogen (secondary N) is 1. The maximum Gasteiger partial charge on any atom is 0.407 e. The second-order valence-electron chi connectivity index (χ2n) is 7.53. The maximum absolute atomic E-state index is 12.5. The summed E-state index contributed by atoms with van der Waals surface area (Å²) in [5.41, 5.74) is 5.21. The third-order valence-electron chi connectivity index (χ3n) is 5.76. The summed E-state index contributed by atoms with van der Waals surface area (Å²) in [4.78, 5) is 12.5. The Labute approximate surface area is 173 Å². The van der Waals surface area contributed by atoms with E-state index in [2.05, 4.69) is 39.9 Å². The van der Waals surface area contributed by atoms with E-state index in [0.29, 0.717) is 18.9 Å². The van der Waals surface area contributed by atoms with Crippen LogP contribution in [-0.2, 0) is 16.1 Å². The molecule has 2 atom stereocenters. The molecule has 1 aliphatic carbocycles. The zero-order chi connectivity index (χ0) is 20.5. The van der Waals surface area contributed by atoms with Crippen LogP contribution in [-0.4, -0.2) is 52.1 Å². The lowest BCUT2D eigenvalue weighted by Gasteiger charge is -2.20. The van der Waals surface area contributed by atoms with Gasteiger partial charge in [-0.3, -0.25) is 0 Å². The molecule has 0 saturated carbocycles. The molecule has 1 amide bonds. The fourth-order valence-electron chi connectivity index (χ4n) is 4.28. The number of carbonyl (C=O) groups is 1. The van der Waals surface area contributed by atoms with Crippen molar-refractivity contribution >= 4 is 6.09 Å². The van der Waals surface area contributed by atoms with E-state index < -0.39 is 6.09 Å². The van der Waals surface area contributed by atoms with Crippen molar-refractivity contribution in [1.29, 1.82) is 0 Å². The van der Waals surface area contributed by atoms with Gasteiger partial charge < -0.3 is 19.9 Å². The second-order valence-corrected chi connectivity index (χ2v) is 7.53. The molecule has 2 heterocycles. The number of nitrogens with zero attached hydrogens (tertiary/aromatic N) is 3. The van der Waals surface area contributed by atoms with Gasteiger partial charge in [-0.2, -0.15) is 0 Å². The minimum Gasteiger partial charge on any atom is -0.449 e. The van der Waals surface area contributed by atoms with Gasteiger partial charge in [-0.1, -0.05) is 53.7 Å². The number of fused-ring (bicyclic) bond motifs is 3. The standard InChI is InChI=1S/C22H22N4O4/c27-10-14-9-26(25-24-14)21-13-29-12-20(21)23-22(28)30-11-19-17-7-3-1-5-15(17)16-6-2-4-8-18(16)19/h1-9,19-21,27H,10-13H2,(H,23,28)/t20-,21+/m0/s1. The van der Waals surface area contributed by atoms with Crippen molar-refractivity contribution in [3.05, 3.63) is 71.5 Å². The minimum atomic E-state index is -0.486. The quantitative estimate of drug-likeness (QED) is 0.674. The van der Waals surface area contributed by atoms with Crippen molar-refractivity contribution in [2.75, 3.05) is 19.8 Å². The number of aromatic nitrogens is 3. The van der Waals surface area contributed by atoms with Gasteiger partial charge in [0.25, 0.3) is 0 Å². The van der Waals surface area contributed by atoms with E-state index in [1.54, 1.807) is 10.9 Å². The second kappa shape index (κ2) is 7.89. The number of amides is 1. The molecule has 0 unspecified atom stereocenters. The van der Waals surface area contributed by atoms with Gasteiger partial charge in [0.1, 0.15) is 12.3 Å². The summed E-state index contributed by atoms with van der Waals surface area (Å²) < 4.78 is 12.8. The lowest BCUT2D eigenvalue weighted by molar-refractivity contribution is 0.135. The molecule has 0 spiro atoms. The predicted octanol–water partition coefficient (Wildman–Crippen LogP) is 2.25. The lowest BCUT2D eigenvalue weighted by Crippen LogP contribution is -2.41. The predicted molar refractivity (Wildman–Crippen MR) is 108 cm³/mol. The summed E-state index contributed by atoms with van der Waals surface area (Å²) in [5.74, 6) is 0.0150. The van der Waals surface area contributed by atoms with Crippen LogP contribution in [0, 0.1) is 0 Å². The molecule has 8 nitrogen and oxygen atoms in total. The highest BCUT2D eigenvalue weighted by Gasteiger charge is 2.33. The zero-order valence-corrected chi connectivity index (χ0v) is 16.3. The van der Waals surface area contributed by atoms with Crippen LogP contribution in [0.25, 0.3) is 11.1 Å². The molecule has 1 aromatic heterocycles. The smallest absolute Gasteiger partial charge is 0.407 e. The Morgan fingerprint density at radius 3 is 2.50 bits per heavy atom. The number of carbonyl (C=O) groups excluding carboxylic acids is 1. The first-order chi connectivity index (χ1) is 14.7. The highest BCUT2D eigenvalue weighted by molar-refractivity contribution is 5.79. The first kappa shape index (κ1) is 18.8. The summed E-state index contributed by atoms with van der Waals surface area (Å²) in [6.07, 6.45) is 1.17. The zero-order valence-electron chi connectivity index (χ0n) is 16.3. The summed E-state index contributed by atoms with van der Waals surface area (Å²) in [5, 5.41) is 20.0. The number of aliphatic hydroxyl groups is 1. The summed E-state index contributed by atoms with van der Waals surface area (Å²) in [6.45, 7) is 0.847. The first-order valence-electron chi connectivity index (χ1n) is 9.95. The van der Waals surface area contributed by atoms with Crippen molar-refractivity contribution in [3.63, 3.8) is 0 Å². The Kier molecular flexibility index (Phi) is 4.94. The van der Waals surface area contributed by atoms with Crippen LogP contribution in [0.4, 0.5) is 4.79 Å². The van der Waals surface area contributed by atoms with Crippen LogP contribution in [0.1, 0.15) is 28.8 Å². The average Bonchev–Trinajstić information content (AvgIpc) is 3.49. The van der Waals surface area contributed by atoms with E-state index >= 15 is 0 Å². The van der Waals surface area contributed by atoms with Gasteiger partial charge in [-0.15, -0.1) is 5.10 Å². The van der Waals surface area contributed by atoms with Crippen LogP contribution in [0.15, 0.2) is 54.7 Å². The number of benzene rings is 2. The molecule has 154 valence electrons. The number of alkyl carbamates (subject to hydrolysis) is 1. The summed E-state index contributed by atoms with van der Waals surface area (Å²) in [6, 6.07) is 16.0. The van der Waals surface area contributed by atoms with Crippen LogP contribution in [0.5, 0.6) is 0 Å². The first-order valence-corrected chi connectivity index (χ1v) is 9.95. The SMILES string of the molecule is O=C(N[C@H]1COC[C@H]1n1cc(CO)nn1)OCC1c2ccccc2-c2ccccc21. The monoisotopic (exact) mass is 406 g/mol. The van der Waals surface area contributed by atoms with Gasteiger partial charge in [0.05, 0.1) is 38.1 Å². The summed E-state index contributed by atoms with van der Waals surface area (Å²) in [7, 11) is 0. The Morgan fingerprint density at radius 1 is 1.13 bits per heavy atom. The molecule has 2 N–H and O–H groups in total. The van der Waals surface area contributed by atoms with Crippen LogP contribution in [0.3, 0.4) is 0 Å². The van der Waals surface area contributed by atoms with Gasteiger partial charge in [-0.25, -0.2) is 9.48 Å². The molecular formula is C22H22N4O4. The number of hydrogen-bond acceptors (Lipinski definition) is 6. The molecule has 1 fully saturated rings. The van der Waals surface area contributed by atoms with Crippen molar-refractivity contribution in [2.24, 2.45) is 0 Å². The topological polar surface area (TPSA) is 98.5 Å². The van der Waals surface area contributed by atoms with E-state index in [4.69, 9.17) is 9.47 Å². The number of hydrogen-bond donors (Lipinski definition) is 2. The Bertz CT molecular complexity index is 1020. The van der Waals surface area contributed by atoms with Gasteiger partial charge in [0, 0.05) is 5.92 Å². The van der Waals surface area contributed by atoms with Crippen LogP contribution < -0.4 is 5.32 Å².